The largest absolute Gasteiger partial charge is 0.367 e. The molecule has 3 rings (SSSR count). The molecule has 1 atom stereocenters. The number of anilines is 1. The first kappa shape index (κ1) is 12.9. The summed E-state index contributed by atoms with van der Waals surface area (Å²) < 4.78 is 1.06. The maximum absolute atomic E-state index is 11.7. The summed E-state index contributed by atoms with van der Waals surface area (Å²) in [4.78, 5) is 16.1. The third kappa shape index (κ3) is 2.37. The van der Waals surface area contributed by atoms with E-state index < -0.39 is 0 Å². The molecule has 19 heavy (non-hydrogen) atoms. The molecule has 1 aromatic rings. The van der Waals surface area contributed by atoms with E-state index in [1.807, 2.05) is 4.90 Å². The lowest BCUT2D eigenvalue weighted by atomic mass is 10.1. The lowest BCUT2D eigenvalue weighted by molar-refractivity contribution is -0.129. The van der Waals surface area contributed by atoms with Gasteiger partial charge in [0.2, 0.25) is 5.91 Å². The van der Waals surface area contributed by atoms with Crippen LogP contribution in [0.25, 0.3) is 0 Å². The minimum atomic E-state index is 0.319. The summed E-state index contributed by atoms with van der Waals surface area (Å²) in [5, 5.41) is 0. The maximum Gasteiger partial charge on any atom is 0.223 e. The van der Waals surface area contributed by atoms with Crippen LogP contribution in [0.1, 0.15) is 18.4 Å². The number of nitrogens with two attached hydrogens (primary N) is 1. The van der Waals surface area contributed by atoms with E-state index in [4.69, 9.17) is 5.73 Å². The van der Waals surface area contributed by atoms with Gasteiger partial charge in [-0.15, -0.1) is 0 Å². The first-order chi connectivity index (χ1) is 9.19. The van der Waals surface area contributed by atoms with Crippen molar-refractivity contribution >= 4 is 27.5 Å². The van der Waals surface area contributed by atoms with Crippen molar-refractivity contribution in [1.82, 2.24) is 4.90 Å². The van der Waals surface area contributed by atoms with Gasteiger partial charge in [0.15, 0.2) is 0 Å². The smallest absolute Gasteiger partial charge is 0.223 e. The molecular formula is C14H18BrN3O. The summed E-state index contributed by atoms with van der Waals surface area (Å²) in [7, 11) is 0. The molecule has 0 aliphatic carbocycles. The molecule has 1 amide bonds. The molecule has 0 saturated carbocycles. The Balaban J connectivity index is 1.82. The minimum absolute atomic E-state index is 0.319. The quantitative estimate of drug-likeness (QED) is 0.901. The van der Waals surface area contributed by atoms with E-state index in [0.29, 0.717) is 24.9 Å². The SMILES string of the molecule is NCc1cc(Br)ccc1N1CCN2C(=O)CCC2C1. The van der Waals surface area contributed by atoms with Crippen molar-refractivity contribution in [3.63, 3.8) is 0 Å². The predicted molar refractivity (Wildman–Crippen MR) is 79.0 cm³/mol. The van der Waals surface area contributed by atoms with Crippen LogP contribution >= 0.6 is 15.9 Å². The Morgan fingerprint density at radius 3 is 3.00 bits per heavy atom. The van der Waals surface area contributed by atoms with Gasteiger partial charge in [0, 0.05) is 48.8 Å². The fraction of sp³-hybridized carbons (Fsp3) is 0.500. The fourth-order valence-electron chi connectivity index (χ4n) is 3.11. The highest BCUT2D eigenvalue weighted by Crippen LogP contribution is 2.29. The molecule has 2 N–H and O–H groups in total. The van der Waals surface area contributed by atoms with E-state index in [9.17, 15) is 4.79 Å². The third-order valence-electron chi connectivity index (χ3n) is 4.10. The van der Waals surface area contributed by atoms with E-state index in [-0.39, 0.29) is 0 Å². The molecule has 2 aliphatic heterocycles. The van der Waals surface area contributed by atoms with Crippen molar-refractivity contribution in [3.05, 3.63) is 28.2 Å². The number of nitrogens with zero attached hydrogens (tertiary/aromatic N) is 2. The predicted octanol–water partition coefficient (Wildman–Crippen LogP) is 1.72. The van der Waals surface area contributed by atoms with Gasteiger partial charge in [-0.3, -0.25) is 4.79 Å². The maximum atomic E-state index is 11.7. The van der Waals surface area contributed by atoms with Gasteiger partial charge in [0.25, 0.3) is 0 Å². The lowest BCUT2D eigenvalue weighted by Crippen LogP contribution is -2.51. The van der Waals surface area contributed by atoms with Gasteiger partial charge in [-0.2, -0.15) is 0 Å². The number of carbonyl (C=O) groups excluding carboxylic acids is 1. The number of fused-ring (bicyclic) bond motifs is 1. The number of piperazine rings is 1. The van der Waals surface area contributed by atoms with Crippen molar-refractivity contribution in [2.45, 2.75) is 25.4 Å². The van der Waals surface area contributed by atoms with Crippen molar-refractivity contribution in [2.24, 2.45) is 5.73 Å². The molecule has 2 saturated heterocycles. The van der Waals surface area contributed by atoms with Crippen LogP contribution in [0.3, 0.4) is 0 Å². The van der Waals surface area contributed by atoms with Crippen molar-refractivity contribution in [2.75, 3.05) is 24.5 Å². The molecule has 4 nitrogen and oxygen atoms in total. The molecule has 0 bridgehead atoms. The number of amides is 1. The van der Waals surface area contributed by atoms with Gasteiger partial charge >= 0.3 is 0 Å². The monoisotopic (exact) mass is 323 g/mol. The van der Waals surface area contributed by atoms with Gasteiger partial charge in [0.05, 0.1) is 0 Å². The second kappa shape index (κ2) is 5.13. The van der Waals surface area contributed by atoms with Crippen molar-refractivity contribution < 1.29 is 4.79 Å². The van der Waals surface area contributed by atoms with E-state index in [0.717, 1.165) is 36.1 Å². The summed E-state index contributed by atoms with van der Waals surface area (Å²) in [6.07, 6.45) is 1.70. The van der Waals surface area contributed by atoms with Crippen LogP contribution in [0, 0.1) is 0 Å². The van der Waals surface area contributed by atoms with Crippen LogP contribution in [0.5, 0.6) is 0 Å². The minimum Gasteiger partial charge on any atom is -0.367 e. The van der Waals surface area contributed by atoms with Crippen molar-refractivity contribution in [3.8, 4) is 0 Å². The Labute approximate surface area is 121 Å². The zero-order valence-electron chi connectivity index (χ0n) is 10.8. The van der Waals surface area contributed by atoms with E-state index in [1.165, 1.54) is 5.69 Å². The number of halogens is 1. The fourth-order valence-corrected chi connectivity index (χ4v) is 3.52. The second-order valence-corrected chi connectivity index (χ2v) is 6.12. The number of hydrogen-bond donors (Lipinski definition) is 1. The zero-order valence-corrected chi connectivity index (χ0v) is 12.4. The average Bonchev–Trinajstić information content (AvgIpc) is 2.79. The average molecular weight is 324 g/mol. The highest BCUT2D eigenvalue weighted by Gasteiger charge is 2.35. The number of rotatable bonds is 2. The normalized spacial score (nSPS) is 22.8. The molecule has 102 valence electrons. The van der Waals surface area contributed by atoms with Gasteiger partial charge < -0.3 is 15.5 Å². The number of benzene rings is 1. The van der Waals surface area contributed by atoms with Crippen LogP contribution in [0.4, 0.5) is 5.69 Å². The van der Waals surface area contributed by atoms with Crippen LogP contribution in [0.2, 0.25) is 0 Å². The molecule has 1 unspecified atom stereocenters. The molecular weight excluding hydrogens is 306 g/mol. The standard InChI is InChI=1S/C14H18BrN3O/c15-11-1-3-13(10(7-11)8-16)17-5-6-18-12(9-17)2-4-14(18)19/h1,3,7,12H,2,4-6,8-9,16H2. The molecule has 1 aromatic carbocycles. The number of carbonyl (C=O) groups is 1. The van der Waals surface area contributed by atoms with Crippen molar-refractivity contribution in [1.29, 1.82) is 0 Å². The summed E-state index contributed by atoms with van der Waals surface area (Å²) >= 11 is 3.49. The van der Waals surface area contributed by atoms with Crippen LogP contribution < -0.4 is 10.6 Å². The summed E-state index contributed by atoms with van der Waals surface area (Å²) in [6, 6.07) is 6.65. The van der Waals surface area contributed by atoms with E-state index in [2.05, 4.69) is 39.0 Å². The Morgan fingerprint density at radius 1 is 1.37 bits per heavy atom. The highest BCUT2D eigenvalue weighted by atomic mass is 79.9. The Kier molecular flexibility index (Phi) is 3.50. The van der Waals surface area contributed by atoms with Crippen LogP contribution in [-0.2, 0) is 11.3 Å². The van der Waals surface area contributed by atoms with Gasteiger partial charge in [-0.1, -0.05) is 15.9 Å². The lowest BCUT2D eigenvalue weighted by Gasteiger charge is -2.39. The first-order valence-corrected chi connectivity index (χ1v) is 7.51. The van der Waals surface area contributed by atoms with Gasteiger partial charge in [-0.25, -0.2) is 0 Å². The highest BCUT2D eigenvalue weighted by molar-refractivity contribution is 9.10. The molecule has 0 radical (unpaired) electrons. The molecule has 2 heterocycles. The third-order valence-corrected chi connectivity index (χ3v) is 4.59. The number of hydrogen-bond acceptors (Lipinski definition) is 3. The Morgan fingerprint density at radius 2 is 2.21 bits per heavy atom. The topological polar surface area (TPSA) is 49.6 Å². The van der Waals surface area contributed by atoms with Gasteiger partial charge in [0.1, 0.15) is 0 Å². The van der Waals surface area contributed by atoms with E-state index >= 15 is 0 Å². The van der Waals surface area contributed by atoms with Crippen LogP contribution in [-0.4, -0.2) is 36.5 Å². The molecule has 2 fully saturated rings. The van der Waals surface area contributed by atoms with E-state index in [1.54, 1.807) is 0 Å². The zero-order chi connectivity index (χ0) is 13.4. The Hall–Kier alpha value is -1.07. The molecule has 0 spiro atoms. The van der Waals surface area contributed by atoms with Crippen LogP contribution in [0.15, 0.2) is 22.7 Å². The molecule has 5 heteroatoms. The summed E-state index contributed by atoms with van der Waals surface area (Å²) in [6.45, 7) is 3.21. The summed E-state index contributed by atoms with van der Waals surface area (Å²) in [5.74, 6) is 0.319. The second-order valence-electron chi connectivity index (χ2n) is 5.20. The Bertz CT molecular complexity index is 505. The first-order valence-electron chi connectivity index (χ1n) is 6.72. The summed E-state index contributed by atoms with van der Waals surface area (Å²) in [5.41, 5.74) is 8.22. The van der Waals surface area contributed by atoms with Gasteiger partial charge in [-0.05, 0) is 30.2 Å². The molecule has 0 aromatic heterocycles. The molecule has 2 aliphatic rings.